The molecule has 0 aliphatic carbocycles. The minimum absolute atomic E-state index is 0.0691. The summed E-state index contributed by atoms with van der Waals surface area (Å²) < 4.78 is 0. The molecule has 6 heteroatoms. The number of rotatable bonds is 9. The highest BCUT2D eigenvalue weighted by atomic mass is 32.2. The van der Waals surface area contributed by atoms with Crippen LogP contribution in [-0.2, 0) is 14.4 Å². The van der Waals surface area contributed by atoms with Crippen molar-refractivity contribution in [1.82, 2.24) is 10.6 Å². The first kappa shape index (κ1) is 19.7. The van der Waals surface area contributed by atoms with Gasteiger partial charge in [0.25, 0.3) is 0 Å². The number of hydrogen-bond acceptors (Lipinski definition) is 4. The highest BCUT2D eigenvalue weighted by Crippen LogP contribution is 2.25. The van der Waals surface area contributed by atoms with Gasteiger partial charge in [0.2, 0.25) is 16.9 Å². The molecule has 0 rings (SSSR count). The van der Waals surface area contributed by atoms with Crippen molar-refractivity contribution in [2.24, 2.45) is 0 Å². The van der Waals surface area contributed by atoms with Gasteiger partial charge in [0, 0.05) is 26.1 Å². The molecule has 0 saturated carbocycles. The molecule has 120 valence electrons. The van der Waals surface area contributed by atoms with Crippen molar-refractivity contribution in [1.29, 1.82) is 0 Å². The van der Waals surface area contributed by atoms with Crippen LogP contribution in [0.5, 0.6) is 0 Å². The van der Waals surface area contributed by atoms with Crippen molar-refractivity contribution in [3.05, 3.63) is 12.2 Å². The van der Waals surface area contributed by atoms with Crippen LogP contribution in [0.1, 0.15) is 47.0 Å². The Morgan fingerprint density at radius 3 is 2.14 bits per heavy atom. The second-order valence-corrected chi connectivity index (χ2v) is 6.25. The molecule has 21 heavy (non-hydrogen) atoms. The quantitative estimate of drug-likeness (QED) is 0.639. The number of hydrogen-bond donors (Lipinski definition) is 2. The zero-order valence-electron chi connectivity index (χ0n) is 13.4. The van der Waals surface area contributed by atoms with Gasteiger partial charge in [0.15, 0.2) is 0 Å². The summed E-state index contributed by atoms with van der Waals surface area (Å²) in [4.78, 5) is 34.2. The summed E-state index contributed by atoms with van der Waals surface area (Å²) in [7, 11) is 0. The highest BCUT2D eigenvalue weighted by molar-refractivity contribution is 8.14. The van der Waals surface area contributed by atoms with Crippen LogP contribution in [0.25, 0.3) is 0 Å². The fraction of sp³-hybridized carbons (Fsp3) is 0.667. The predicted molar refractivity (Wildman–Crippen MR) is 87.0 cm³/mol. The molecule has 0 spiro atoms. The molecule has 2 N–H and O–H groups in total. The third-order valence-corrected chi connectivity index (χ3v) is 4.28. The molecule has 0 aromatic rings. The van der Waals surface area contributed by atoms with Crippen LogP contribution >= 0.6 is 11.8 Å². The number of carbonyl (C=O) groups is 3. The zero-order chi connectivity index (χ0) is 16.5. The van der Waals surface area contributed by atoms with E-state index in [1.807, 2.05) is 6.92 Å². The molecule has 5 nitrogen and oxygen atoms in total. The average molecular weight is 314 g/mol. The van der Waals surface area contributed by atoms with Gasteiger partial charge < -0.3 is 10.6 Å². The van der Waals surface area contributed by atoms with Crippen LogP contribution in [0, 0.1) is 0 Å². The van der Waals surface area contributed by atoms with E-state index in [0.717, 1.165) is 12.8 Å². The molecule has 2 amide bonds. The first-order chi connectivity index (χ1) is 9.72. The summed E-state index contributed by atoms with van der Waals surface area (Å²) in [6, 6.07) is 0. The topological polar surface area (TPSA) is 75.3 Å². The molecule has 0 aromatic heterocycles. The van der Waals surface area contributed by atoms with E-state index < -0.39 is 5.54 Å². The van der Waals surface area contributed by atoms with Crippen molar-refractivity contribution in [3.8, 4) is 0 Å². The molecule has 0 aliphatic rings. The van der Waals surface area contributed by atoms with E-state index in [4.69, 9.17) is 0 Å². The molecule has 1 unspecified atom stereocenters. The Hall–Kier alpha value is -1.30. The van der Waals surface area contributed by atoms with Gasteiger partial charge in [0.05, 0.1) is 5.54 Å². The molecule has 0 fully saturated rings. The van der Waals surface area contributed by atoms with Crippen molar-refractivity contribution < 1.29 is 14.4 Å². The van der Waals surface area contributed by atoms with Crippen LogP contribution in [-0.4, -0.2) is 34.8 Å². The van der Waals surface area contributed by atoms with Crippen LogP contribution in [0.4, 0.5) is 0 Å². The van der Waals surface area contributed by atoms with Gasteiger partial charge in [-0.1, -0.05) is 31.7 Å². The predicted octanol–water partition coefficient (Wildman–Crippen LogP) is 2.02. The summed E-state index contributed by atoms with van der Waals surface area (Å²) in [5.74, 6) is 0.245. The van der Waals surface area contributed by atoms with E-state index in [9.17, 15) is 14.4 Å². The van der Waals surface area contributed by atoms with E-state index in [1.54, 1.807) is 6.92 Å². The molecule has 1 atom stereocenters. The lowest BCUT2D eigenvalue weighted by Crippen LogP contribution is -2.51. The lowest BCUT2D eigenvalue weighted by molar-refractivity contribution is -0.120. The smallest absolute Gasteiger partial charge is 0.217 e. The Morgan fingerprint density at radius 1 is 1.10 bits per heavy atom. The SMILES string of the molecule is C=C(C)C(=O)SCC(CCC)(CCNC(C)=O)NC(C)=O. The number of amides is 2. The molecule has 0 saturated heterocycles. The van der Waals surface area contributed by atoms with Gasteiger partial charge in [-0.3, -0.25) is 14.4 Å². The van der Waals surface area contributed by atoms with Crippen molar-refractivity contribution in [2.45, 2.75) is 52.5 Å². The van der Waals surface area contributed by atoms with E-state index >= 15 is 0 Å². The number of thioether (sulfide) groups is 1. The Bertz CT molecular complexity index is 410. The van der Waals surface area contributed by atoms with E-state index in [-0.39, 0.29) is 16.9 Å². The molecule has 0 aliphatic heterocycles. The van der Waals surface area contributed by atoms with Gasteiger partial charge in [-0.2, -0.15) is 0 Å². The van der Waals surface area contributed by atoms with E-state index in [0.29, 0.717) is 24.3 Å². The first-order valence-electron chi connectivity index (χ1n) is 7.08. The fourth-order valence-electron chi connectivity index (χ4n) is 2.09. The average Bonchev–Trinajstić information content (AvgIpc) is 2.34. The third kappa shape index (κ3) is 8.55. The van der Waals surface area contributed by atoms with Crippen LogP contribution in [0.3, 0.4) is 0 Å². The largest absolute Gasteiger partial charge is 0.356 e. The van der Waals surface area contributed by atoms with Crippen LogP contribution < -0.4 is 10.6 Å². The second kappa shape index (κ2) is 9.60. The first-order valence-corrected chi connectivity index (χ1v) is 8.07. The third-order valence-electron chi connectivity index (χ3n) is 2.98. The Kier molecular flexibility index (Phi) is 9.01. The number of nitrogens with one attached hydrogen (secondary N) is 2. The summed E-state index contributed by atoms with van der Waals surface area (Å²) in [6.07, 6.45) is 2.22. The zero-order valence-corrected chi connectivity index (χ0v) is 14.2. The molecular formula is C15H26N2O3S. The minimum Gasteiger partial charge on any atom is -0.356 e. The minimum atomic E-state index is -0.487. The highest BCUT2D eigenvalue weighted by Gasteiger charge is 2.31. The van der Waals surface area contributed by atoms with Gasteiger partial charge in [0.1, 0.15) is 0 Å². The van der Waals surface area contributed by atoms with E-state index in [1.165, 1.54) is 25.6 Å². The van der Waals surface area contributed by atoms with Crippen molar-refractivity contribution in [3.63, 3.8) is 0 Å². The Balaban J connectivity index is 4.89. The van der Waals surface area contributed by atoms with Crippen LogP contribution in [0.2, 0.25) is 0 Å². The van der Waals surface area contributed by atoms with E-state index in [2.05, 4.69) is 17.2 Å². The second-order valence-electron chi connectivity index (χ2n) is 5.30. The molecule has 0 radical (unpaired) electrons. The summed E-state index contributed by atoms with van der Waals surface area (Å²) >= 11 is 1.17. The maximum absolute atomic E-state index is 11.7. The molecule has 0 heterocycles. The summed E-state index contributed by atoms with van der Waals surface area (Å²) in [5, 5.41) is 5.64. The van der Waals surface area contributed by atoms with Gasteiger partial charge in [-0.15, -0.1) is 0 Å². The van der Waals surface area contributed by atoms with Crippen molar-refractivity contribution >= 4 is 28.7 Å². The lowest BCUT2D eigenvalue weighted by Gasteiger charge is -2.34. The summed E-state index contributed by atoms with van der Waals surface area (Å²) in [6.45, 7) is 10.7. The molecular weight excluding hydrogens is 288 g/mol. The maximum Gasteiger partial charge on any atom is 0.217 e. The fourth-order valence-corrected chi connectivity index (χ4v) is 3.10. The normalized spacial score (nSPS) is 13.1. The Labute approximate surface area is 131 Å². The lowest BCUT2D eigenvalue weighted by atomic mass is 9.91. The molecule has 0 bridgehead atoms. The van der Waals surface area contributed by atoms with Gasteiger partial charge in [-0.25, -0.2) is 0 Å². The number of carbonyl (C=O) groups excluding carboxylic acids is 3. The standard InChI is InChI=1S/C15H26N2O3S/c1-6-7-15(17-13(5)19,8-9-16-12(4)18)10-21-14(20)11(2)3/h2,6-10H2,1,3-5H3,(H,16,18)(H,17,19). The van der Waals surface area contributed by atoms with Crippen LogP contribution in [0.15, 0.2) is 12.2 Å². The van der Waals surface area contributed by atoms with Gasteiger partial charge in [-0.05, 0) is 25.3 Å². The monoisotopic (exact) mass is 314 g/mol. The summed E-state index contributed by atoms with van der Waals surface area (Å²) in [5.41, 5.74) is 0.00816. The van der Waals surface area contributed by atoms with Gasteiger partial charge >= 0.3 is 0 Å². The van der Waals surface area contributed by atoms with Crippen molar-refractivity contribution in [2.75, 3.05) is 12.3 Å². The molecule has 0 aromatic carbocycles. The maximum atomic E-state index is 11.7. The Morgan fingerprint density at radius 2 is 1.71 bits per heavy atom.